The first-order chi connectivity index (χ1) is 19.1. The number of methoxy groups -OCH3 is 1. The summed E-state index contributed by atoms with van der Waals surface area (Å²) in [7, 11) is 1.64. The summed E-state index contributed by atoms with van der Waals surface area (Å²) < 4.78 is 23.7. The Morgan fingerprint density at radius 3 is 2.48 bits per heavy atom. The Labute approximate surface area is 236 Å². The van der Waals surface area contributed by atoms with Crippen LogP contribution in [0.4, 0.5) is 5.82 Å². The summed E-state index contributed by atoms with van der Waals surface area (Å²) >= 11 is 0. The lowest BCUT2D eigenvalue weighted by Crippen LogP contribution is -2.51. The van der Waals surface area contributed by atoms with E-state index in [1.54, 1.807) is 14.0 Å². The second kappa shape index (κ2) is 10.2. The van der Waals surface area contributed by atoms with Gasteiger partial charge >= 0.3 is 0 Å². The molecular formula is C31H41N3O6. The van der Waals surface area contributed by atoms with Gasteiger partial charge in [0.15, 0.2) is 29.6 Å². The number of hydrogen-bond acceptors (Lipinski definition) is 8. The van der Waals surface area contributed by atoms with E-state index in [9.17, 15) is 9.90 Å². The molecule has 3 aliphatic heterocycles. The average Bonchev–Trinajstić information content (AvgIpc) is 3.61. The monoisotopic (exact) mass is 551 g/mol. The first-order valence-electron chi connectivity index (χ1n) is 14.4. The first-order valence-corrected chi connectivity index (χ1v) is 14.4. The van der Waals surface area contributed by atoms with Gasteiger partial charge in [0, 0.05) is 43.6 Å². The van der Waals surface area contributed by atoms with Crippen molar-refractivity contribution < 1.29 is 28.8 Å². The summed E-state index contributed by atoms with van der Waals surface area (Å²) in [4.78, 5) is 22.1. The van der Waals surface area contributed by atoms with Crippen molar-refractivity contribution in [3.05, 3.63) is 47.7 Å². The molecule has 1 aromatic carbocycles. The molecule has 9 heteroatoms. The zero-order chi connectivity index (χ0) is 28.2. The number of aromatic nitrogens is 1. The van der Waals surface area contributed by atoms with Crippen molar-refractivity contribution in [3.8, 4) is 11.5 Å². The summed E-state index contributed by atoms with van der Waals surface area (Å²) in [5.41, 5.74) is 1.76. The van der Waals surface area contributed by atoms with Crippen LogP contribution in [0.15, 0.2) is 36.5 Å². The van der Waals surface area contributed by atoms with E-state index in [-0.39, 0.29) is 24.7 Å². The molecule has 0 bridgehead atoms. The SMILES string of the molecule is COc1ccc([C@@H]2CN(C(=O)[C@@H]3COC(C)(C)O3)C[C@@]2(C)[C@@H](C)O)cc1OC1CCN1c1ccc(C2CC2)cn1. The summed E-state index contributed by atoms with van der Waals surface area (Å²) in [5.74, 6) is 1.91. The van der Waals surface area contributed by atoms with Crippen molar-refractivity contribution >= 4 is 11.7 Å². The highest BCUT2D eigenvalue weighted by Crippen LogP contribution is 2.48. The molecule has 2 aromatic rings. The Balaban J connectivity index is 1.21. The minimum atomic E-state index is -0.778. The number of anilines is 1. The molecule has 1 aromatic heterocycles. The number of aliphatic hydroxyl groups is 1. The maximum Gasteiger partial charge on any atom is 0.254 e. The van der Waals surface area contributed by atoms with E-state index in [0.717, 1.165) is 24.3 Å². The summed E-state index contributed by atoms with van der Waals surface area (Å²) in [5, 5.41) is 10.9. The number of carbonyl (C=O) groups excluding carboxylic acids is 1. The highest BCUT2D eigenvalue weighted by Gasteiger charge is 2.51. The van der Waals surface area contributed by atoms with E-state index in [1.165, 1.54) is 18.4 Å². The van der Waals surface area contributed by atoms with Crippen LogP contribution in [-0.2, 0) is 14.3 Å². The fourth-order valence-corrected chi connectivity index (χ4v) is 6.23. The quantitative estimate of drug-likeness (QED) is 0.526. The van der Waals surface area contributed by atoms with Crippen LogP contribution in [-0.4, -0.2) is 78.5 Å². The van der Waals surface area contributed by atoms with Crippen molar-refractivity contribution in [2.45, 2.75) is 83.0 Å². The van der Waals surface area contributed by atoms with E-state index in [0.29, 0.717) is 30.5 Å². The maximum absolute atomic E-state index is 13.4. The number of likely N-dealkylation sites (tertiary alicyclic amines) is 1. The Morgan fingerprint density at radius 1 is 1.12 bits per heavy atom. The van der Waals surface area contributed by atoms with E-state index in [2.05, 4.69) is 17.0 Å². The van der Waals surface area contributed by atoms with E-state index < -0.39 is 23.4 Å². The van der Waals surface area contributed by atoms with Crippen LogP contribution >= 0.6 is 0 Å². The summed E-state index contributed by atoms with van der Waals surface area (Å²) in [6.45, 7) is 9.48. The standard InChI is InChI=1S/C31H41N3O6/c1-19(35)31(4)18-33(29(36)26-17-38-30(2,3)40-26)16-23(31)21-8-10-24(37-5)25(14-21)39-28-12-13-34(28)27-11-9-22(15-32-27)20-6-7-20/h8-11,14-15,19-20,23,26,28,35H,6-7,12-13,16-18H2,1-5H3/t19-,23+,26+,28?,31+/m1/s1. The molecule has 1 unspecified atom stereocenters. The van der Waals surface area contributed by atoms with Crippen molar-refractivity contribution in [1.29, 1.82) is 0 Å². The Kier molecular flexibility index (Phi) is 6.95. The average molecular weight is 552 g/mol. The minimum absolute atomic E-state index is 0.102. The number of hydrogen-bond donors (Lipinski definition) is 1. The molecule has 1 aliphatic carbocycles. The molecule has 0 radical (unpaired) electrons. The molecule has 1 N–H and O–H groups in total. The Hall–Kier alpha value is -2.88. The van der Waals surface area contributed by atoms with Gasteiger partial charge in [0.2, 0.25) is 0 Å². The number of ether oxygens (including phenoxy) is 4. The normalized spacial score (nSPS) is 30.2. The second-order valence-corrected chi connectivity index (χ2v) is 12.5. The van der Waals surface area contributed by atoms with Crippen molar-refractivity contribution in [3.63, 3.8) is 0 Å². The lowest BCUT2D eigenvalue weighted by molar-refractivity contribution is -0.159. The number of nitrogens with zero attached hydrogens (tertiary/aromatic N) is 3. The van der Waals surface area contributed by atoms with Gasteiger partial charge in [0.05, 0.1) is 19.8 Å². The van der Waals surface area contributed by atoms with Gasteiger partial charge in [-0.2, -0.15) is 0 Å². The van der Waals surface area contributed by atoms with Crippen LogP contribution in [0.2, 0.25) is 0 Å². The number of rotatable bonds is 8. The number of aliphatic hydroxyl groups excluding tert-OH is 1. The third-order valence-corrected chi connectivity index (χ3v) is 9.21. The van der Waals surface area contributed by atoms with E-state index >= 15 is 0 Å². The van der Waals surface area contributed by atoms with Gasteiger partial charge in [-0.05, 0) is 68.9 Å². The number of pyridine rings is 1. The molecule has 1 amide bonds. The third-order valence-electron chi connectivity index (χ3n) is 9.21. The van der Waals surface area contributed by atoms with Crippen molar-refractivity contribution in [2.75, 3.05) is 38.3 Å². The predicted octanol–water partition coefficient (Wildman–Crippen LogP) is 4.05. The largest absolute Gasteiger partial charge is 0.493 e. The molecule has 5 atom stereocenters. The van der Waals surface area contributed by atoms with Gasteiger partial charge in [-0.25, -0.2) is 4.98 Å². The highest BCUT2D eigenvalue weighted by molar-refractivity contribution is 5.82. The lowest BCUT2D eigenvalue weighted by atomic mass is 9.72. The molecule has 1 saturated carbocycles. The van der Waals surface area contributed by atoms with Crippen molar-refractivity contribution in [2.24, 2.45) is 5.41 Å². The fraction of sp³-hybridized carbons (Fsp3) is 0.613. The van der Waals surface area contributed by atoms with Crippen LogP contribution < -0.4 is 14.4 Å². The molecule has 4 aliphatic rings. The highest BCUT2D eigenvalue weighted by atomic mass is 16.7. The van der Waals surface area contributed by atoms with Crippen LogP contribution in [0.5, 0.6) is 11.5 Å². The molecule has 3 saturated heterocycles. The van der Waals surface area contributed by atoms with Gasteiger partial charge in [0.25, 0.3) is 5.91 Å². The van der Waals surface area contributed by atoms with E-state index in [4.69, 9.17) is 23.9 Å². The molecular weight excluding hydrogens is 510 g/mol. The van der Waals surface area contributed by atoms with Crippen LogP contribution in [0.3, 0.4) is 0 Å². The molecule has 40 heavy (non-hydrogen) atoms. The van der Waals surface area contributed by atoms with Crippen LogP contribution in [0.25, 0.3) is 0 Å². The maximum atomic E-state index is 13.4. The zero-order valence-electron chi connectivity index (χ0n) is 24.1. The van der Waals surface area contributed by atoms with Crippen LogP contribution in [0, 0.1) is 5.41 Å². The molecule has 4 fully saturated rings. The third kappa shape index (κ3) is 5.03. The summed E-state index contributed by atoms with van der Waals surface area (Å²) in [6, 6.07) is 10.2. The Morgan fingerprint density at radius 2 is 1.90 bits per heavy atom. The second-order valence-electron chi connectivity index (χ2n) is 12.5. The molecule has 6 rings (SSSR count). The van der Waals surface area contributed by atoms with E-state index in [1.807, 2.05) is 50.1 Å². The fourth-order valence-electron chi connectivity index (χ4n) is 6.23. The van der Waals surface area contributed by atoms with Crippen molar-refractivity contribution in [1.82, 2.24) is 9.88 Å². The molecule has 4 heterocycles. The van der Waals surface area contributed by atoms with Gasteiger partial charge in [-0.3, -0.25) is 4.79 Å². The smallest absolute Gasteiger partial charge is 0.254 e. The number of carbonyl (C=O) groups is 1. The summed E-state index contributed by atoms with van der Waals surface area (Å²) in [6.07, 6.45) is 3.98. The Bertz CT molecular complexity index is 1250. The predicted molar refractivity (Wildman–Crippen MR) is 150 cm³/mol. The van der Waals surface area contributed by atoms with Crippen LogP contribution in [0.1, 0.15) is 69.9 Å². The molecule has 216 valence electrons. The molecule has 9 nitrogen and oxygen atoms in total. The number of amides is 1. The number of benzene rings is 1. The van der Waals surface area contributed by atoms with Gasteiger partial charge < -0.3 is 33.9 Å². The minimum Gasteiger partial charge on any atom is -0.493 e. The molecule has 0 spiro atoms. The van der Waals surface area contributed by atoms with Gasteiger partial charge in [-0.15, -0.1) is 0 Å². The lowest BCUT2D eigenvalue weighted by Gasteiger charge is -2.41. The topological polar surface area (TPSA) is 93.6 Å². The van der Waals surface area contributed by atoms with Gasteiger partial charge in [0.1, 0.15) is 5.82 Å². The first kappa shape index (κ1) is 27.3. The van der Waals surface area contributed by atoms with Gasteiger partial charge in [-0.1, -0.05) is 19.1 Å². The zero-order valence-corrected chi connectivity index (χ0v) is 24.1.